The number of rotatable bonds is 4. The van der Waals surface area contributed by atoms with E-state index in [1.807, 2.05) is 0 Å². The van der Waals surface area contributed by atoms with Crippen molar-refractivity contribution in [1.29, 1.82) is 0 Å². The molecule has 2 aromatic rings. The van der Waals surface area contributed by atoms with E-state index in [1.54, 1.807) is 12.1 Å². The Bertz CT molecular complexity index is 674. The first-order valence-corrected chi connectivity index (χ1v) is 7.44. The lowest BCUT2D eigenvalue weighted by Gasteiger charge is -2.24. The minimum Gasteiger partial charge on any atom is -0.481 e. The van der Waals surface area contributed by atoms with E-state index in [0.29, 0.717) is 27.7 Å². The van der Waals surface area contributed by atoms with Gasteiger partial charge in [0.15, 0.2) is 0 Å². The number of thioether (sulfide) groups is 1. The van der Waals surface area contributed by atoms with Gasteiger partial charge < -0.3 is 5.11 Å². The number of hydrogen-bond donors (Lipinski definition) is 1. The maximum atomic E-state index is 14.0. The normalized spacial score (nSPS) is 15.2. The first-order chi connectivity index (χ1) is 9.65. The quantitative estimate of drug-likeness (QED) is 0.692. The number of aromatic nitrogens is 2. The average Bonchev–Trinajstić information content (AvgIpc) is 2.34. The first-order valence-electron chi connectivity index (χ1n) is 6.46. The van der Waals surface area contributed by atoms with Crippen LogP contribution in [0.1, 0.15) is 31.0 Å². The molecule has 1 heterocycles. The zero-order chi connectivity index (χ0) is 14.1. The molecule has 0 atom stereocenters. The summed E-state index contributed by atoms with van der Waals surface area (Å²) in [6.07, 6.45) is 3.25. The molecule has 1 aromatic heterocycles. The third kappa shape index (κ3) is 2.47. The molecule has 104 valence electrons. The fraction of sp³-hybridized carbons (Fsp3) is 0.357. The van der Waals surface area contributed by atoms with Crippen molar-refractivity contribution in [2.45, 2.75) is 30.2 Å². The molecule has 0 aliphatic heterocycles. The van der Waals surface area contributed by atoms with Crippen molar-refractivity contribution < 1.29 is 14.3 Å². The van der Waals surface area contributed by atoms with Crippen LogP contribution in [0.4, 0.5) is 4.39 Å². The Morgan fingerprint density at radius 2 is 2.20 bits per heavy atom. The molecular formula is C14H13FN2O2S. The van der Waals surface area contributed by atoms with Crippen molar-refractivity contribution >= 4 is 28.6 Å². The Morgan fingerprint density at radius 3 is 2.85 bits per heavy atom. The van der Waals surface area contributed by atoms with Gasteiger partial charge in [-0.15, -0.1) is 0 Å². The van der Waals surface area contributed by atoms with Crippen molar-refractivity contribution in [2.75, 3.05) is 5.75 Å². The van der Waals surface area contributed by atoms with Crippen molar-refractivity contribution in [3.05, 3.63) is 29.8 Å². The molecule has 1 fully saturated rings. The van der Waals surface area contributed by atoms with E-state index in [4.69, 9.17) is 5.11 Å². The molecule has 0 unspecified atom stereocenters. The number of nitrogens with zero attached hydrogens (tertiary/aromatic N) is 2. The SMILES string of the molecule is O=C(O)CSc1nc(C2CCC2)nc2cccc(F)c12. The zero-order valence-electron chi connectivity index (χ0n) is 10.7. The van der Waals surface area contributed by atoms with E-state index >= 15 is 0 Å². The molecule has 0 amide bonds. The number of halogens is 1. The number of benzene rings is 1. The summed E-state index contributed by atoms with van der Waals surface area (Å²) in [5.41, 5.74) is 0.551. The van der Waals surface area contributed by atoms with Crippen LogP contribution in [0, 0.1) is 5.82 Å². The molecule has 6 heteroatoms. The van der Waals surface area contributed by atoms with Gasteiger partial charge in [0, 0.05) is 5.92 Å². The molecule has 0 bridgehead atoms. The van der Waals surface area contributed by atoms with Gasteiger partial charge in [-0.05, 0) is 25.0 Å². The molecule has 4 nitrogen and oxygen atoms in total. The average molecular weight is 292 g/mol. The van der Waals surface area contributed by atoms with Crippen LogP contribution < -0.4 is 0 Å². The highest BCUT2D eigenvalue weighted by Gasteiger charge is 2.24. The molecule has 0 radical (unpaired) electrons. The number of aliphatic carboxylic acids is 1. The van der Waals surface area contributed by atoms with Gasteiger partial charge in [0.2, 0.25) is 0 Å². The van der Waals surface area contributed by atoms with Crippen LogP contribution in [0.2, 0.25) is 0 Å². The molecule has 3 rings (SSSR count). The van der Waals surface area contributed by atoms with Crippen LogP contribution in [0.5, 0.6) is 0 Å². The monoisotopic (exact) mass is 292 g/mol. The lowest BCUT2D eigenvalue weighted by atomic mass is 9.85. The highest BCUT2D eigenvalue weighted by Crippen LogP contribution is 2.37. The van der Waals surface area contributed by atoms with Crippen molar-refractivity contribution in [1.82, 2.24) is 9.97 Å². The third-order valence-electron chi connectivity index (χ3n) is 3.46. The van der Waals surface area contributed by atoms with Gasteiger partial charge in [-0.1, -0.05) is 24.2 Å². The van der Waals surface area contributed by atoms with Crippen molar-refractivity contribution in [3.8, 4) is 0 Å². The van der Waals surface area contributed by atoms with Gasteiger partial charge in [0.1, 0.15) is 16.7 Å². The van der Waals surface area contributed by atoms with E-state index in [9.17, 15) is 9.18 Å². The summed E-state index contributed by atoms with van der Waals surface area (Å²) in [7, 11) is 0. The predicted octanol–water partition coefficient (Wildman–Crippen LogP) is 3.21. The third-order valence-corrected chi connectivity index (χ3v) is 4.42. The lowest BCUT2D eigenvalue weighted by molar-refractivity contribution is -0.133. The maximum absolute atomic E-state index is 14.0. The van der Waals surface area contributed by atoms with E-state index in [0.717, 1.165) is 31.0 Å². The highest BCUT2D eigenvalue weighted by molar-refractivity contribution is 8.00. The second-order valence-corrected chi connectivity index (χ2v) is 5.80. The van der Waals surface area contributed by atoms with E-state index < -0.39 is 11.8 Å². The second kappa shape index (κ2) is 5.36. The van der Waals surface area contributed by atoms with Crippen LogP contribution in [0.15, 0.2) is 23.2 Å². The van der Waals surface area contributed by atoms with Crippen LogP contribution in [-0.2, 0) is 4.79 Å². The summed E-state index contributed by atoms with van der Waals surface area (Å²) < 4.78 is 14.0. The second-order valence-electron chi connectivity index (χ2n) is 4.83. The molecule has 1 aliphatic carbocycles. The van der Waals surface area contributed by atoms with E-state index in [-0.39, 0.29) is 5.75 Å². The first kappa shape index (κ1) is 13.3. The van der Waals surface area contributed by atoms with Gasteiger partial charge in [0.25, 0.3) is 0 Å². The summed E-state index contributed by atoms with van der Waals surface area (Å²) in [6, 6.07) is 4.70. The van der Waals surface area contributed by atoms with Gasteiger partial charge >= 0.3 is 5.97 Å². The molecule has 1 saturated carbocycles. The van der Waals surface area contributed by atoms with Crippen LogP contribution in [-0.4, -0.2) is 26.8 Å². The van der Waals surface area contributed by atoms with Gasteiger partial charge in [-0.2, -0.15) is 0 Å². The fourth-order valence-corrected chi connectivity index (χ4v) is 2.97. The Kier molecular flexibility index (Phi) is 3.56. The minimum absolute atomic E-state index is 0.134. The molecule has 0 spiro atoms. The summed E-state index contributed by atoms with van der Waals surface area (Å²) in [4.78, 5) is 19.6. The highest BCUT2D eigenvalue weighted by atomic mass is 32.2. The Labute approximate surface area is 119 Å². The summed E-state index contributed by atoms with van der Waals surface area (Å²) in [6.45, 7) is 0. The zero-order valence-corrected chi connectivity index (χ0v) is 11.5. The van der Waals surface area contributed by atoms with Gasteiger partial charge in [-0.3, -0.25) is 4.79 Å². The standard InChI is InChI=1S/C14H13FN2O2S/c15-9-5-2-6-10-12(9)14(20-7-11(18)19)17-13(16-10)8-3-1-4-8/h2,5-6,8H,1,3-4,7H2,(H,18,19). The summed E-state index contributed by atoms with van der Waals surface area (Å²) in [5.74, 6) is -0.446. The summed E-state index contributed by atoms with van der Waals surface area (Å²) >= 11 is 1.05. The molecule has 1 aromatic carbocycles. The molecule has 0 saturated heterocycles. The van der Waals surface area contributed by atoms with Crippen LogP contribution in [0.3, 0.4) is 0 Å². The number of fused-ring (bicyclic) bond motifs is 1. The smallest absolute Gasteiger partial charge is 0.313 e. The Morgan fingerprint density at radius 1 is 1.40 bits per heavy atom. The maximum Gasteiger partial charge on any atom is 0.313 e. The molecular weight excluding hydrogens is 279 g/mol. The number of carboxylic acids is 1. The van der Waals surface area contributed by atoms with Crippen molar-refractivity contribution in [2.24, 2.45) is 0 Å². The number of hydrogen-bond acceptors (Lipinski definition) is 4. The predicted molar refractivity (Wildman–Crippen MR) is 74.4 cm³/mol. The number of carbonyl (C=O) groups is 1. The fourth-order valence-electron chi connectivity index (χ4n) is 2.21. The number of carboxylic acid groups (broad SMARTS) is 1. The van der Waals surface area contributed by atoms with Crippen LogP contribution in [0.25, 0.3) is 10.9 Å². The molecule has 20 heavy (non-hydrogen) atoms. The Hall–Kier alpha value is -1.69. The topological polar surface area (TPSA) is 63.1 Å². The largest absolute Gasteiger partial charge is 0.481 e. The van der Waals surface area contributed by atoms with E-state index in [1.165, 1.54) is 6.07 Å². The molecule has 1 N–H and O–H groups in total. The van der Waals surface area contributed by atoms with Gasteiger partial charge in [0.05, 0.1) is 16.7 Å². The van der Waals surface area contributed by atoms with E-state index in [2.05, 4.69) is 9.97 Å². The lowest BCUT2D eigenvalue weighted by Crippen LogP contribution is -2.13. The van der Waals surface area contributed by atoms with Gasteiger partial charge in [-0.25, -0.2) is 14.4 Å². The van der Waals surface area contributed by atoms with Crippen molar-refractivity contribution in [3.63, 3.8) is 0 Å². The Balaban J connectivity index is 2.09. The minimum atomic E-state index is -0.941. The molecule has 1 aliphatic rings. The van der Waals surface area contributed by atoms with Crippen LogP contribution >= 0.6 is 11.8 Å². The summed E-state index contributed by atoms with van der Waals surface area (Å²) in [5, 5.41) is 9.54.